The Morgan fingerprint density at radius 1 is 1.32 bits per heavy atom. The molecule has 1 amide bonds. The van der Waals surface area contributed by atoms with Crippen molar-refractivity contribution in [2.75, 3.05) is 11.4 Å². The first-order valence-electron chi connectivity index (χ1n) is 9.12. The fourth-order valence-electron chi connectivity index (χ4n) is 4.01. The van der Waals surface area contributed by atoms with Crippen LogP contribution in [0.4, 0.5) is 5.69 Å². The van der Waals surface area contributed by atoms with Crippen molar-refractivity contribution in [1.82, 2.24) is 10.1 Å². The van der Waals surface area contributed by atoms with Gasteiger partial charge in [-0.1, -0.05) is 43.1 Å². The van der Waals surface area contributed by atoms with Gasteiger partial charge in [-0.25, -0.2) is 0 Å². The van der Waals surface area contributed by atoms with E-state index >= 15 is 0 Å². The van der Waals surface area contributed by atoms with E-state index < -0.39 is 5.54 Å². The predicted molar refractivity (Wildman–Crippen MR) is 94.2 cm³/mol. The topological polar surface area (TPSA) is 85.2 Å². The van der Waals surface area contributed by atoms with E-state index in [0.717, 1.165) is 37.8 Å². The molecule has 1 aliphatic heterocycles. The first kappa shape index (κ1) is 16.3. The molecule has 0 bridgehead atoms. The summed E-state index contributed by atoms with van der Waals surface area (Å²) in [6.45, 7) is 2.68. The monoisotopic (exact) mass is 340 g/mol. The molecule has 2 fully saturated rings. The van der Waals surface area contributed by atoms with Gasteiger partial charge in [0.2, 0.25) is 11.8 Å². The van der Waals surface area contributed by atoms with Gasteiger partial charge in [-0.3, -0.25) is 4.79 Å². The molecule has 1 unspecified atom stereocenters. The Morgan fingerprint density at radius 3 is 2.84 bits per heavy atom. The highest BCUT2D eigenvalue weighted by atomic mass is 16.5. The van der Waals surface area contributed by atoms with Gasteiger partial charge in [0.1, 0.15) is 0 Å². The van der Waals surface area contributed by atoms with Crippen LogP contribution in [0.25, 0.3) is 0 Å². The third-order valence-corrected chi connectivity index (χ3v) is 5.52. The van der Waals surface area contributed by atoms with E-state index in [4.69, 9.17) is 10.3 Å². The van der Waals surface area contributed by atoms with Crippen molar-refractivity contribution in [2.45, 2.75) is 56.9 Å². The number of aryl methyl sites for hydroxylation is 1. The normalized spacial score (nSPS) is 22.7. The number of para-hydroxylation sites is 1. The molecule has 6 heteroatoms. The van der Waals surface area contributed by atoms with E-state index in [2.05, 4.69) is 23.1 Å². The number of nitrogens with zero attached hydrogens (tertiary/aromatic N) is 3. The summed E-state index contributed by atoms with van der Waals surface area (Å²) in [7, 11) is 0. The van der Waals surface area contributed by atoms with Gasteiger partial charge in [-0.05, 0) is 30.9 Å². The molecule has 1 saturated carbocycles. The second-order valence-electron chi connectivity index (χ2n) is 7.21. The summed E-state index contributed by atoms with van der Waals surface area (Å²) < 4.78 is 5.50. The van der Waals surface area contributed by atoms with Crippen LogP contribution < -0.4 is 10.6 Å². The van der Waals surface area contributed by atoms with E-state index in [0.29, 0.717) is 24.7 Å². The lowest BCUT2D eigenvalue weighted by molar-refractivity contribution is -0.117. The fourth-order valence-corrected chi connectivity index (χ4v) is 4.01. The van der Waals surface area contributed by atoms with Crippen molar-refractivity contribution >= 4 is 11.6 Å². The third kappa shape index (κ3) is 2.84. The lowest BCUT2D eigenvalue weighted by Gasteiger charge is -2.19. The van der Waals surface area contributed by atoms with Crippen LogP contribution in [-0.4, -0.2) is 22.6 Å². The Balaban J connectivity index is 1.56. The maximum atomic E-state index is 12.6. The number of anilines is 1. The summed E-state index contributed by atoms with van der Waals surface area (Å²) in [4.78, 5) is 19.0. The minimum Gasteiger partial charge on any atom is -0.339 e. The largest absolute Gasteiger partial charge is 0.339 e. The Bertz CT molecular complexity index is 779. The number of carbonyl (C=O) groups is 1. The number of aromatic nitrogens is 2. The average Bonchev–Trinajstić information content (AvgIpc) is 3.34. The molecule has 1 aromatic carbocycles. The van der Waals surface area contributed by atoms with E-state index in [1.807, 2.05) is 23.1 Å². The molecular weight excluding hydrogens is 316 g/mol. The molecule has 2 heterocycles. The average molecular weight is 340 g/mol. The van der Waals surface area contributed by atoms with E-state index in [1.165, 1.54) is 5.56 Å². The Hall–Kier alpha value is -2.21. The highest BCUT2D eigenvalue weighted by molar-refractivity contribution is 5.97. The van der Waals surface area contributed by atoms with Crippen LogP contribution in [0.15, 0.2) is 28.8 Å². The fraction of sp³-hybridized carbons (Fsp3) is 0.526. The van der Waals surface area contributed by atoms with Gasteiger partial charge in [0.05, 0.1) is 11.5 Å². The predicted octanol–water partition coefficient (Wildman–Crippen LogP) is 2.88. The third-order valence-electron chi connectivity index (χ3n) is 5.52. The van der Waals surface area contributed by atoms with Gasteiger partial charge in [0.25, 0.3) is 0 Å². The molecule has 0 spiro atoms. The zero-order valence-corrected chi connectivity index (χ0v) is 14.6. The van der Waals surface area contributed by atoms with Gasteiger partial charge in [0.15, 0.2) is 5.82 Å². The summed E-state index contributed by atoms with van der Waals surface area (Å²) in [5, 5.41) is 4.13. The van der Waals surface area contributed by atoms with Crippen molar-refractivity contribution in [3.05, 3.63) is 41.5 Å². The molecular formula is C19H24N4O2. The zero-order chi connectivity index (χ0) is 17.4. The van der Waals surface area contributed by atoms with Crippen LogP contribution in [-0.2, 0) is 16.8 Å². The zero-order valence-electron chi connectivity index (χ0n) is 14.6. The highest BCUT2D eigenvalue weighted by Gasteiger charge is 2.39. The summed E-state index contributed by atoms with van der Waals surface area (Å²) in [6.07, 6.45) is 5.28. The Kier molecular flexibility index (Phi) is 4.07. The standard InChI is InChI=1S/C19H24N4O2/c1-2-13-7-3-4-8-15(13)23-12-14(11-16(23)24)17-21-18(22-25-17)19(20)9-5-6-10-19/h3-4,7-8,14H,2,5-6,9-12,20H2,1H3. The molecule has 132 valence electrons. The SMILES string of the molecule is CCc1ccccc1N1CC(c2nc(C3(N)CCCC3)no2)CC1=O. The minimum absolute atomic E-state index is 0.0661. The van der Waals surface area contributed by atoms with Crippen molar-refractivity contribution in [3.63, 3.8) is 0 Å². The van der Waals surface area contributed by atoms with Crippen LogP contribution in [0.1, 0.15) is 62.2 Å². The number of nitrogens with two attached hydrogens (primary N) is 1. The summed E-state index contributed by atoms with van der Waals surface area (Å²) in [5.74, 6) is 1.18. The second kappa shape index (κ2) is 6.26. The number of carbonyl (C=O) groups excluding carboxylic acids is 1. The molecule has 4 rings (SSSR count). The van der Waals surface area contributed by atoms with Gasteiger partial charge >= 0.3 is 0 Å². The maximum absolute atomic E-state index is 12.6. The number of amides is 1. The van der Waals surface area contributed by atoms with Crippen LogP contribution >= 0.6 is 0 Å². The molecule has 2 N–H and O–H groups in total. The van der Waals surface area contributed by atoms with Gasteiger partial charge in [-0.2, -0.15) is 4.98 Å². The first-order chi connectivity index (χ1) is 12.1. The molecule has 1 aliphatic carbocycles. The number of rotatable bonds is 4. The highest BCUT2D eigenvalue weighted by Crippen LogP contribution is 2.37. The van der Waals surface area contributed by atoms with Gasteiger partial charge in [0, 0.05) is 18.7 Å². The second-order valence-corrected chi connectivity index (χ2v) is 7.21. The lowest BCUT2D eigenvalue weighted by Crippen LogP contribution is -2.34. The molecule has 25 heavy (non-hydrogen) atoms. The smallest absolute Gasteiger partial charge is 0.232 e. The summed E-state index contributed by atoms with van der Waals surface area (Å²) in [6, 6.07) is 8.05. The van der Waals surface area contributed by atoms with Crippen molar-refractivity contribution in [3.8, 4) is 0 Å². The number of hydrogen-bond donors (Lipinski definition) is 1. The Labute approximate surface area is 147 Å². The summed E-state index contributed by atoms with van der Waals surface area (Å²) >= 11 is 0. The van der Waals surface area contributed by atoms with E-state index in [-0.39, 0.29) is 11.8 Å². The van der Waals surface area contributed by atoms with Gasteiger partial charge in [-0.15, -0.1) is 0 Å². The van der Waals surface area contributed by atoms with Crippen molar-refractivity contribution < 1.29 is 9.32 Å². The summed E-state index contributed by atoms with van der Waals surface area (Å²) in [5.41, 5.74) is 8.12. The molecule has 0 radical (unpaired) electrons. The van der Waals surface area contributed by atoms with Crippen LogP contribution in [0.3, 0.4) is 0 Å². The van der Waals surface area contributed by atoms with E-state index in [9.17, 15) is 4.79 Å². The number of hydrogen-bond acceptors (Lipinski definition) is 5. The molecule has 1 aromatic heterocycles. The van der Waals surface area contributed by atoms with Crippen molar-refractivity contribution in [2.24, 2.45) is 5.73 Å². The van der Waals surface area contributed by atoms with Crippen molar-refractivity contribution in [1.29, 1.82) is 0 Å². The molecule has 6 nitrogen and oxygen atoms in total. The maximum Gasteiger partial charge on any atom is 0.232 e. The Morgan fingerprint density at radius 2 is 2.08 bits per heavy atom. The molecule has 1 saturated heterocycles. The van der Waals surface area contributed by atoms with E-state index in [1.54, 1.807) is 0 Å². The molecule has 2 aliphatic rings. The van der Waals surface area contributed by atoms with Crippen LogP contribution in [0.5, 0.6) is 0 Å². The van der Waals surface area contributed by atoms with Crippen LogP contribution in [0, 0.1) is 0 Å². The lowest BCUT2D eigenvalue weighted by atomic mass is 9.98. The molecule has 1 atom stereocenters. The minimum atomic E-state index is -0.459. The quantitative estimate of drug-likeness (QED) is 0.925. The first-order valence-corrected chi connectivity index (χ1v) is 9.12. The van der Waals surface area contributed by atoms with Crippen LogP contribution in [0.2, 0.25) is 0 Å². The molecule has 2 aromatic rings. The number of benzene rings is 1. The van der Waals surface area contributed by atoms with Gasteiger partial charge < -0.3 is 15.2 Å².